The Morgan fingerprint density at radius 1 is 1.50 bits per heavy atom. The zero-order valence-corrected chi connectivity index (χ0v) is 9.32. The van der Waals surface area contributed by atoms with Crippen LogP contribution in [0.3, 0.4) is 0 Å². The quantitative estimate of drug-likeness (QED) is 0.847. The lowest BCUT2D eigenvalue weighted by atomic mass is 10.2. The molecule has 1 aromatic heterocycles. The van der Waals surface area contributed by atoms with Crippen molar-refractivity contribution in [1.29, 1.82) is 0 Å². The number of aromatic hydroxyl groups is 1. The molecule has 2 N–H and O–H groups in total. The minimum Gasteiger partial charge on any atom is -0.506 e. The molecule has 0 radical (unpaired) electrons. The fourth-order valence-corrected chi connectivity index (χ4v) is 1.98. The van der Waals surface area contributed by atoms with Crippen LogP contribution >= 0.6 is 11.6 Å². The van der Waals surface area contributed by atoms with Crippen molar-refractivity contribution in [2.24, 2.45) is 0 Å². The summed E-state index contributed by atoms with van der Waals surface area (Å²) in [6, 6.07) is 4.69. The molecule has 0 spiro atoms. The Morgan fingerprint density at radius 2 is 2.19 bits per heavy atom. The lowest BCUT2D eigenvalue weighted by Crippen LogP contribution is -2.06. The maximum atomic E-state index is 11.0. The molecular weight excluding hydrogens is 230 g/mol. The minimum atomic E-state index is -1.02. The normalized spacial score (nSPS) is 10.9. The van der Waals surface area contributed by atoms with Gasteiger partial charge in [-0.15, -0.1) is 0 Å². The van der Waals surface area contributed by atoms with Gasteiger partial charge in [0.05, 0.1) is 10.5 Å². The number of fused-ring (bicyclic) bond motifs is 1. The van der Waals surface area contributed by atoms with Gasteiger partial charge < -0.3 is 14.8 Å². The van der Waals surface area contributed by atoms with Crippen LogP contribution in [0.15, 0.2) is 18.2 Å². The summed E-state index contributed by atoms with van der Waals surface area (Å²) in [4.78, 5) is 11.0. The molecular formula is C11H10ClNO3. The van der Waals surface area contributed by atoms with E-state index in [4.69, 9.17) is 16.7 Å². The average Bonchev–Trinajstić information content (AvgIpc) is 2.62. The molecule has 2 aromatic rings. The number of rotatable bonds is 2. The Kier molecular flexibility index (Phi) is 2.52. The number of halogens is 1. The largest absolute Gasteiger partial charge is 0.506 e. The van der Waals surface area contributed by atoms with Gasteiger partial charge in [0.2, 0.25) is 0 Å². The molecule has 0 saturated heterocycles. The van der Waals surface area contributed by atoms with Crippen LogP contribution in [0.2, 0.25) is 5.02 Å². The molecule has 0 unspecified atom stereocenters. The first kappa shape index (κ1) is 10.8. The van der Waals surface area contributed by atoms with Gasteiger partial charge in [-0.1, -0.05) is 11.6 Å². The van der Waals surface area contributed by atoms with Crippen molar-refractivity contribution < 1.29 is 15.0 Å². The van der Waals surface area contributed by atoms with Gasteiger partial charge in [-0.2, -0.15) is 0 Å². The van der Waals surface area contributed by atoms with Gasteiger partial charge in [0.15, 0.2) is 0 Å². The number of carboxylic acid groups (broad SMARTS) is 1. The second-order valence-electron chi connectivity index (χ2n) is 3.41. The molecule has 5 heteroatoms. The number of nitrogens with zero attached hydrogens (tertiary/aromatic N) is 1. The van der Waals surface area contributed by atoms with Crippen molar-refractivity contribution in [3.8, 4) is 5.75 Å². The number of phenolic OH excluding ortho intramolecular Hbond substituents is 1. The predicted molar refractivity (Wildman–Crippen MR) is 61.2 cm³/mol. The van der Waals surface area contributed by atoms with Gasteiger partial charge in [-0.05, 0) is 25.1 Å². The van der Waals surface area contributed by atoms with Crippen LogP contribution in [0.25, 0.3) is 10.9 Å². The summed E-state index contributed by atoms with van der Waals surface area (Å²) in [6.07, 6.45) is 0. The van der Waals surface area contributed by atoms with Crippen LogP contribution in [0.4, 0.5) is 0 Å². The smallest absolute Gasteiger partial charge is 0.352 e. The van der Waals surface area contributed by atoms with Crippen LogP contribution in [0.5, 0.6) is 5.75 Å². The third-order valence-electron chi connectivity index (χ3n) is 2.54. The molecule has 0 aliphatic rings. The van der Waals surface area contributed by atoms with E-state index in [0.717, 1.165) is 0 Å². The summed E-state index contributed by atoms with van der Waals surface area (Å²) < 4.78 is 1.62. The Balaban J connectivity index is 2.87. The Morgan fingerprint density at radius 3 is 2.75 bits per heavy atom. The van der Waals surface area contributed by atoms with E-state index in [9.17, 15) is 9.90 Å². The first-order valence-electron chi connectivity index (χ1n) is 4.80. The number of aromatic nitrogens is 1. The van der Waals surface area contributed by atoms with E-state index in [1.807, 2.05) is 6.92 Å². The molecule has 0 fully saturated rings. The number of aromatic carboxylic acids is 1. The highest BCUT2D eigenvalue weighted by Crippen LogP contribution is 2.34. The number of hydrogen-bond acceptors (Lipinski definition) is 2. The van der Waals surface area contributed by atoms with Crippen molar-refractivity contribution in [3.63, 3.8) is 0 Å². The lowest BCUT2D eigenvalue weighted by Gasteiger charge is -2.04. The molecule has 0 aliphatic heterocycles. The van der Waals surface area contributed by atoms with Crippen LogP contribution in [-0.2, 0) is 6.54 Å². The second kappa shape index (κ2) is 3.72. The van der Waals surface area contributed by atoms with Gasteiger partial charge in [-0.25, -0.2) is 4.79 Å². The van der Waals surface area contributed by atoms with Crippen LogP contribution in [0, 0.1) is 0 Å². The zero-order valence-electron chi connectivity index (χ0n) is 8.57. The van der Waals surface area contributed by atoms with Crippen molar-refractivity contribution >= 4 is 28.5 Å². The average molecular weight is 240 g/mol. The summed E-state index contributed by atoms with van der Waals surface area (Å²) >= 11 is 5.77. The highest BCUT2D eigenvalue weighted by atomic mass is 35.5. The summed E-state index contributed by atoms with van der Waals surface area (Å²) in [6.45, 7) is 2.36. The van der Waals surface area contributed by atoms with Crippen molar-refractivity contribution in [1.82, 2.24) is 4.57 Å². The first-order valence-corrected chi connectivity index (χ1v) is 5.18. The van der Waals surface area contributed by atoms with E-state index in [1.54, 1.807) is 16.7 Å². The van der Waals surface area contributed by atoms with E-state index >= 15 is 0 Å². The number of carboxylic acids is 1. The molecule has 0 atom stereocenters. The third-order valence-corrected chi connectivity index (χ3v) is 2.85. The molecule has 2 rings (SSSR count). The molecule has 1 aromatic carbocycles. The second-order valence-corrected chi connectivity index (χ2v) is 3.81. The molecule has 0 amide bonds. The molecule has 16 heavy (non-hydrogen) atoms. The maximum absolute atomic E-state index is 11.0. The van der Waals surface area contributed by atoms with Gasteiger partial charge >= 0.3 is 5.97 Å². The van der Waals surface area contributed by atoms with Gasteiger partial charge in [0, 0.05) is 11.9 Å². The topological polar surface area (TPSA) is 62.5 Å². The van der Waals surface area contributed by atoms with Crippen LogP contribution < -0.4 is 0 Å². The molecule has 1 heterocycles. The highest BCUT2D eigenvalue weighted by molar-refractivity contribution is 6.33. The standard InChI is InChI=1S/C11H10ClNO3/c1-2-13-8-4-3-7(12)10(14)6(8)5-9(13)11(15)16/h3-5,14H,2H2,1H3,(H,15,16). The number of benzene rings is 1. The monoisotopic (exact) mass is 239 g/mol. The minimum absolute atomic E-state index is 0.0751. The third kappa shape index (κ3) is 1.42. The fourth-order valence-electron chi connectivity index (χ4n) is 1.81. The van der Waals surface area contributed by atoms with Gasteiger partial charge in [0.1, 0.15) is 11.4 Å². The van der Waals surface area contributed by atoms with E-state index in [-0.39, 0.29) is 16.5 Å². The SMILES string of the molecule is CCn1c(C(=O)O)cc2c(O)c(Cl)ccc21. The van der Waals surface area contributed by atoms with Crippen molar-refractivity contribution in [3.05, 3.63) is 28.9 Å². The Labute approximate surface area is 96.7 Å². The van der Waals surface area contributed by atoms with E-state index < -0.39 is 5.97 Å². The zero-order chi connectivity index (χ0) is 11.9. The summed E-state index contributed by atoms with van der Waals surface area (Å²) in [5, 5.41) is 19.4. The fraction of sp³-hybridized carbons (Fsp3) is 0.182. The van der Waals surface area contributed by atoms with E-state index in [2.05, 4.69) is 0 Å². The van der Waals surface area contributed by atoms with E-state index in [0.29, 0.717) is 17.4 Å². The molecule has 0 saturated carbocycles. The Hall–Kier alpha value is -1.68. The molecule has 4 nitrogen and oxygen atoms in total. The van der Waals surface area contributed by atoms with Crippen molar-refractivity contribution in [2.75, 3.05) is 0 Å². The van der Waals surface area contributed by atoms with Crippen LogP contribution in [-0.4, -0.2) is 20.7 Å². The maximum Gasteiger partial charge on any atom is 0.352 e. The Bertz CT molecular complexity index is 574. The van der Waals surface area contributed by atoms with Gasteiger partial charge in [0.25, 0.3) is 0 Å². The molecule has 84 valence electrons. The summed E-state index contributed by atoms with van der Waals surface area (Å²) in [5.74, 6) is -1.09. The summed E-state index contributed by atoms with van der Waals surface area (Å²) in [5.41, 5.74) is 0.817. The first-order chi connectivity index (χ1) is 7.56. The lowest BCUT2D eigenvalue weighted by molar-refractivity contribution is 0.0686. The molecule has 0 aliphatic carbocycles. The number of hydrogen-bond donors (Lipinski definition) is 2. The predicted octanol–water partition coefficient (Wildman–Crippen LogP) is 2.72. The van der Waals surface area contributed by atoms with E-state index in [1.165, 1.54) is 6.07 Å². The number of carbonyl (C=O) groups is 1. The summed E-state index contributed by atoms with van der Waals surface area (Å²) in [7, 11) is 0. The highest BCUT2D eigenvalue weighted by Gasteiger charge is 2.16. The number of phenols is 1. The van der Waals surface area contributed by atoms with Crippen LogP contribution in [0.1, 0.15) is 17.4 Å². The van der Waals surface area contributed by atoms with Gasteiger partial charge in [-0.3, -0.25) is 0 Å². The molecule has 0 bridgehead atoms. The van der Waals surface area contributed by atoms with Crippen molar-refractivity contribution in [2.45, 2.75) is 13.5 Å². The number of aryl methyl sites for hydroxylation is 1.